The van der Waals surface area contributed by atoms with E-state index in [9.17, 15) is 0 Å². The van der Waals surface area contributed by atoms with Gasteiger partial charge >= 0.3 is 0 Å². The smallest absolute Gasteiger partial charge is 0.108 e. The monoisotopic (exact) mass is 434 g/mol. The lowest BCUT2D eigenvalue weighted by Gasteiger charge is -2.11. The number of hydrogen-bond acceptors (Lipinski definition) is 4. The van der Waals surface area contributed by atoms with Crippen molar-refractivity contribution in [2.45, 2.75) is 6.42 Å². The number of nitrogens with zero attached hydrogens (tertiary/aromatic N) is 4. The molecular weight excluding hydrogens is 423 g/mol. The summed E-state index contributed by atoms with van der Waals surface area (Å²) < 4.78 is 1.96. The highest BCUT2D eigenvalue weighted by molar-refractivity contribution is 7.13. The average Bonchev–Trinajstić information content (AvgIpc) is 3.40. The van der Waals surface area contributed by atoms with Crippen molar-refractivity contribution in [3.8, 4) is 22.2 Å². The van der Waals surface area contributed by atoms with Crippen LogP contribution in [0.3, 0.4) is 0 Å². The molecule has 140 valence electrons. The van der Waals surface area contributed by atoms with E-state index < -0.39 is 0 Å². The number of rotatable bonds is 3. The first-order valence-electron chi connectivity index (χ1n) is 8.80. The zero-order chi connectivity index (χ0) is 20.0. The molecule has 0 fully saturated rings. The normalized spacial score (nSPS) is 11.2. The number of pyridine rings is 1. The molecule has 0 aliphatic heterocycles. The molecule has 3 heterocycles. The lowest BCUT2D eigenvalue weighted by molar-refractivity contribution is 1.09. The molecule has 0 aliphatic carbocycles. The summed E-state index contributed by atoms with van der Waals surface area (Å²) in [5.74, 6) is 0. The highest BCUT2D eigenvalue weighted by Gasteiger charge is 2.14. The van der Waals surface area contributed by atoms with Gasteiger partial charge < -0.3 is 0 Å². The maximum atomic E-state index is 9.00. The van der Waals surface area contributed by atoms with Gasteiger partial charge in [-0.2, -0.15) is 5.26 Å². The largest absolute Gasteiger partial charge is 0.298 e. The number of thiophene rings is 1. The van der Waals surface area contributed by atoms with Crippen LogP contribution in [-0.2, 0) is 6.42 Å². The highest BCUT2D eigenvalue weighted by Crippen LogP contribution is 2.34. The number of halogens is 2. The lowest BCUT2D eigenvalue weighted by Crippen LogP contribution is -1.96. The van der Waals surface area contributed by atoms with Crippen molar-refractivity contribution in [2.75, 3.05) is 0 Å². The van der Waals surface area contributed by atoms with Gasteiger partial charge in [0.15, 0.2) is 0 Å². The Morgan fingerprint density at radius 2 is 1.86 bits per heavy atom. The number of fused-ring (bicyclic) bond motifs is 3. The third-order valence-corrected chi connectivity index (χ3v) is 6.43. The van der Waals surface area contributed by atoms with E-state index in [1.165, 1.54) is 4.88 Å². The maximum absolute atomic E-state index is 9.00. The Hall–Kier alpha value is -2.91. The number of hydrogen-bond donors (Lipinski definition) is 0. The van der Waals surface area contributed by atoms with Gasteiger partial charge in [0, 0.05) is 25.9 Å². The Kier molecular flexibility index (Phi) is 4.48. The molecule has 0 amide bonds. The highest BCUT2D eigenvalue weighted by atomic mass is 35.5. The van der Waals surface area contributed by atoms with Gasteiger partial charge in [-0.05, 0) is 41.3 Å². The van der Waals surface area contributed by atoms with Gasteiger partial charge in [-0.15, -0.1) is 11.3 Å². The second kappa shape index (κ2) is 7.16. The Labute approximate surface area is 180 Å². The molecule has 0 atom stereocenters. The van der Waals surface area contributed by atoms with Gasteiger partial charge in [-0.3, -0.25) is 9.55 Å². The maximum Gasteiger partial charge on any atom is 0.108 e. The Morgan fingerprint density at radius 3 is 2.59 bits per heavy atom. The summed E-state index contributed by atoms with van der Waals surface area (Å²) in [4.78, 5) is 10.3. The van der Waals surface area contributed by atoms with Crippen LogP contribution >= 0.6 is 34.5 Å². The topological polar surface area (TPSA) is 54.5 Å². The summed E-state index contributed by atoms with van der Waals surface area (Å²) in [5.41, 5.74) is 5.17. The van der Waals surface area contributed by atoms with E-state index in [1.807, 2.05) is 28.8 Å². The van der Waals surface area contributed by atoms with E-state index >= 15 is 0 Å². The molecule has 3 aromatic heterocycles. The number of aromatic nitrogens is 3. The van der Waals surface area contributed by atoms with E-state index in [0.717, 1.165) is 33.2 Å². The van der Waals surface area contributed by atoms with Crippen molar-refractivity contribution in [2.24, 2.45) is 0 Å². The summed E-state index contributed by atoms with van der Waals surface area (Å²) >= 11 is 14.5. The van der Waals surface area contributed by atoms with E-state index in [0.29, 0.717) is 15.6 Å². The Bertz CT molecular complexity index is 1390. The zero-order valence-corrected chi connectivity index (χ0v) is 17.3. The minimum Gasteiger partial charge on any atom is -0.298 e. The Balaban J connectivity index is 1.77. The predicted octanol–water partition coefficient (Wildman–Crippen LogP) is 6.68. The van der Waals surface area contributed by atoms with Crippen molar-refractivity contribution in [3.63, 3.8) is 0 Å². The van der Waals surface area contributed by atoms with E-state index in [1.54, 1.807) is 23.9 Å². The first-order valence-corrected chi connectivity index (χ1v) is 10.4. The van der Waals surface area contributed by atoms with Crippen molar-refractivity contribution in [1.29, 1.82) is 5.26 Å². The van der Waals surface area contributed by atoms with Crippen LogP contribution in [0, 0.1) is 11.3 Å². The van der Waals surface area contributed by atoms with E-state index in [2.05, 4.69) is 39.6 Å². The van der Waals surface area contributed by atoms with Crippen molar-refractivity contribution < 1.29 is 0 Å². The van der Waals surface area contributed by atoms with Gasteiger partial charge in [-0.1, -0.05) is 35.3 Å². The summed E-state index contributed by atoms with van der Waals surface area (Å²) in [7, 11) is 0. The summed E-state index contributed by atoms with van der Waals surface area (Å²) in [5, 5.41) is 13.0. The van der Waals surface area contributed by atoms with Crippen LogP contribution in [0.1, 0.15) is 5.56 Å². The third kappa shape index (κ3) is 3.06. The summed E-state index contributed by atoms with van der Waals surface area (Å²) in [6.07, 6.45) is 3.68. The van der Waals surface area contributed by atoms with Crippen molar-refractivity contribution in [3.05, 3.63) is 76.0 Å². The molecule has 0 aliphatic rings. The molecule has 4 nitrogen and oxygen atoms in total. The molecule has 0 radical (unpaired) electrons. The summed E-state index contributed by atoms with van der Waals surface area (Å²) in [6.45, 7) is 0. The van der Waals surface area contributed by atoms with Gasteiger partial charge in [0.05, 0.1) is 35.4 Å². The van der Waals surface area contributed by atoms with Crippen LogP contribution in [0.2, 0.25) is 10.0 Å². The first-order chi connectivity index (χ1) is 14.2. The van der Waals surface area contributed by atoms with Crippen LogP contribution in [0.15, 0.2) is 60.4 Å². The van der Waals surface area contributed by atoms with Gasteiger partial charge in [0.2, 0.25) is 0 Å². The van der Waals surface area contributed by atoms with Gasteiger partial charge in [0.1, 0.15) is 11.8 Å². The van der Waals surface area contributed by atoms with E-state index in [4.69, 9.17) is 28.5 Å². The molecule has 0 unspecified atom stereocenters. The second-order valence-electron chi connectivity index (χ2n) is 6.54. The Morgan fingerprint density at radius 1 is 1.03 bits per heavy atom. The fourth-order valence-electron chi connectivity index (χ4n) is 3.46. The zero-order valence-electron chi connectivity index (χ0n) is 14.9. The molecule has 7 heteroatoms. The van der Waals surface area contributed by atoms with E-state index in [-0.39, 0.29) is 6.42 Å². The molecule has 2 aromatic carbocycles. The molecule has 29 heavy (non-hydrogen) atoms. The SMILES string of the molecule is N#CCc1c(Cl)cc(-n2cnc3cnc4ccc(-c5cccs5)cc4c32)cc1Cl. The molecule has 5 aromatic rings. The standard InChI is InChI=1S/C22H12Cl2N4S/c23-17-9-14(10-18(24)15(17)5-6-25)28-12-27-20-11-26-19-4-3-13(8-16(19)22(20)28)21-2-1-7-29-21/h1-4,7-12H,5H2. The van der Waals surface area contributed by atoms with Crippen LogP contribution in [-0.4, -0.2) is 14.5 Å². The molecular formula is C22H12Cl2N4S. The van der Waals surface area contributed by atoms with Gasteiger partial charge in [0.25, 0.3) is 0 Å². The fourth-order valence-corrected chi connectivity index (χ4v) is 4.80. The fraction of sp³-hybridized carbons (Fsp3) is 0.0455. The molecule has 5 rings (SSSR count). The molecule has 0 saturated heterocycles. The molecule has 0 saturated carbocycles. The molecule has 0 N–H and O–H groups in total. The third-order valence-electron chi connectivity index (χ3n) is 4.84. The molecule has 0 bridgehead atoms. The van der Waals surface area contributed by atoms with Crippen LogP contribution < -0.4 is 0 Å². The quantitative estimate of drug-likeness (QED) is 0.318. The minimum atomic E-state index is 0.166. The number of benzene rings is 2. The predicted molar refractivity (Wildman–Crippen MR) is 119 cm³/mol. The van der Waals surface area contributed by atoms with Gasteiger partial charge in [-0.25, -0.2) is 4.98 Å². The summed E-state index contributed by atoms with van der Waals surface area (Å²) in [6, 6.07) is 16.1. The van der Waals surface area contributed by atoms with Crippen molar-refractivity contribution in [1.82, 2.24) is 14.5 Å². The van der Waals surface area contributed by atoms with Crippen LogP contribution in [0.25, 0.3) is 38.1 Å². The lowest BCUT2D eigenvalue weighted by atomic mass is 10.1. The minimum absolute atomic E-state index is 0.166. The second-order valence-corrected chi connectivity index (χ2v) is 8.30. The van der Waals surface area contributed by atoms with Crippen molar-refractivity contribution >= 4 is 56.5 Å². The first kappa shape index (κ1) is 18.1. The average molecular weight is 435 g/mol. The van der Waals surface area contributed by atoms with Crippen LogP contribution in [0.4, 0.5) is 0 Å². The number of imidazole rings is 1. The van der Waals surface area contributed by atoms with Crippen LogP contribution in [0.5, 0.6) is 0 Å². The molecule has 0 spiro atoms. The number of nitriles is 1.